The summed E-state index contributed by atoms with van der Waals surface area (Å²) in [6.07, 6.45) is 0.804. The first-order valence-electron chi connectivity index (χ1n) is 14.1. The van der Waals surface area contributed by atoms with Gasteiger partial charge in [0.25, 0.3) is 0 Å². The molecule has 1 saturated heterocycles. The Balaban J connectivity index is 1.69. The van der Waals surface area contributed by atoms with Gasteiger partial charge in [0.05, 0.1) is 44.5 Å². The number of aliphatic carboxylic acids is 1. The van der Waals surface area contributed by atoms with E-state index < -0.39 is 23.1 Å². The Morgan fingerprint density at radius 2 is 1.86 bits per heavy atom. The number of hydrogen-bond donors (Lipinski definition) is 3. The molecule has 2 aliphatic heterocycles. The molecule has 1 fully saturated rings. The Bertz CT molecular complexity index is 1450. The summed E-state index contributed by atoms with van der Waals surface area (Å²) in [6, 6.07) is 5.09. The van der Waals surface area contributed by atoms with Gasteiger partial charge in [0, 0.05) is 37.2 Å². The van der Waals surface area contributed by atoms with Crippen LogP contribution >= 0.6 is 0 Å². The van der Waals surface area contributed by atoms with E-state index in [-0.39, 0.29) is 60.7 Å². The third-order valence-corrected chi connectivity index (χ3v) is 7.85. The van der Waals surface area contributed by atoms with Crippen molar-refractivity contribution in [2.45, 2.75) is 52.0 Å². The average Bonchev–Trinajstić information content (AvgIpc) is 3.55. The number of primary amides is 1. The van der Waals surface area contributed by atoms with Gasteiger partial charge >= 0.3 is 5.97 Å². The van der Waals surface area contributed by atoms with E-state index in [4.69, 9.17) is 30.5 Å². The zero-order valence-corrected chi connectivity index (χ0v) is 25.2. The fourth-order valence-corrected chi connectivity index (χ4v) is 5.55. The third-order valence-electron chi connectivity index (χ3n) is 7.85. The van der Waals surface area contributed by atoms with Crippen LogP contribution in [0.5, 0.6) is 17.2 Å². The quantitative estimate of drug-likeness (QED) is 0.245. The lowest BCUT2D eigenvalue weighted by atomic mass is 9.84. The molecule has 1 atom stereocenters. The number of anilines is 1. The molecule has 2 aromatic rings. The number of Topliss-reactive ketones (excluding diaryl/α,β-unsaturated/α-hetero) is 1. The molecule has 4 rings (SSSR count). The van der Waals surface area contributed by atoms with Crippen molar-refractivity contribution in [1.82, 2.24) is 4.90 Å². The van der Waals surface area contributed by atoms with Crippen molar-refractivity contribution in [2.24, 2.45) is 11.7 Å². The second-order valence-corrected chi connectivity index (χ2v) is 11.9. The summed E-state index contributed by atoms with van der Waals surface area (Å²) in [5.41, 5.74) is 7.45. The van der Waals surface area contributed by atoms with Crippen LogP contribution in [0.2, 0.25) is 0 Å². The summed E-state index contributed by atoms with van der Waals surface area (Å²) in [5.74, 6) is -2.16. The van der Waals surface area contributed by atoms with Gasteiger partial charge < -0.3 is 34.9 Å². The number of carboxylic acid groups (broad SMARTS) is 1. The number of rotatable bonds is 12. The average molecular weight is 599 g/mol. The fraction of sp³-hybridized carbons (Fsp3) is 0.484. The van der Waals surface area contributed by atoms with E-state index in [0.29, 0.717) is 48.5 Å². The number of amides is 1. The molecule has 43 heavy (non-hydrogen) atoms. The molecule has 0 radical (unpaired) electrons. The van der Waals surface area contributed by atoms with E-state index in [1.165, 1.54) is 19.1 Å². The van der Waals surface area contributed by atoms with Gasteiger partial charge in [-0.3, -0.25) is 19.8 Å². The molecule has 232 valence electrons. The van der Waals surface area contributed by atoms with Gasteiger partial charge in [0.2, 0.25) is 5.91 Å². The topological polar surface area (TPSA) is 155 Å². The molecule has 0 saturated carbocycles. The molecular weight excluding hydrogens is 559 g/mol. The number of nitrogens with two attached hydrogens (primary N) is 1. The number of hydrogen-bond acceptors (Lipinski definition) is 8. The van der Waals surface area contributed by atoms with Crippen LogP contribution in [0.3, 0.4) is 0 Å². The number of carbonyl (C=O) groups excluding carboxylic acids is 2. The van der Waals surface area contributed by atoms with Crippen LogP contribution in [0.15, 0.2) is 18.2 Å². The molecule has 1 amide bonds. The molecule has 1 unspecified atom stereocenters. The summed E-state index contributed by atoms with van der Waals surface area (Å²) in [4.78, 5) is 40.3. The van der Waals surface area contributed by atoms with Crippen LogP contribution in [0.1, 0.15) is 67.1 Å². The van der Waals surface area contributed by atoms with Gasteiger partial charge in [-0.25, -0.2) is 4.39 Å². The van der Waals surface area contributed by atoms with Gasteiger partial charge in [-0.15, -0.1) is 0 Å². The lowest BCUT2D eigenvalue weighted by Crippen LogP contribution is -2.31. The molecule has 2 aliphatic rings. The van der Waals surface area contributed by atoms with Crippen molar-refractivity contribution < 1.29 is 38.1 Å². The van der Waals surface area contributed by atoms with Crippen molar-refractivity contribution in [3.05, 3.63) is 46.3 Å². The number of nitrogens with zero attached hydrogens (tertiary/aromatic N) is 2. The van der Waals surface area contributed by atoms with Crippen LogP contribution < -0.4 is 24.8 Å². The summed E-state index contributed by atoms with van der Waals surface area (Å²) in [7, 11) is 2.73. The molecule has 0 aromatic heterocycles. The standard InChI is InChI=1S/C31H39FN4O7/c1-31(2,3)20-11-18(12-21(27(20)43-10-6-7-24(38)39)35-9-8-17(14-35)30(34)40)22(37)16-36-15-19-13-23(41-4)28(42-5)26(32)25(19)29(36)33/h11-13,17,33H,6-10,14-16H2,1-5H3,(H2,34,40)(H,38,39). The third kappa shape index (κ3) is 6.52. The Hall–Kier alpha value is -4.35. The molecule has 0 spiro atoms. The predicted octanol–water partition coefficient (Wildman–Crippen LogP) is 3.72. The molecule has 0 bridgehead atoms. The maximum atomic E-state index is 15.3. The van der Waals surface area contributed by atoms with E-state index in [9.17, 15) is 14.4 Å². The van der Waals surface area contributed by atoms with E-state index >= 15 is 4.39 Å². The number of fused-ring (bicyclic) bond motifs is 1. The Labute approximate surface area is 250 Å². The zero-order valence-electron chi connectivity index (χ0n) is 25.2. The van der Waals surface area contributed by atoms with Crippen molar-refractivity contribution in [3.63, 3.8) is 0 Å². The highest BCUT2D eigenvalue weighted by Crippen LogP contribution is 2.43. The van der Waals surface area contributed by atoms with Gasteiger partial charge in [-0.2, -0.15) is 0 Å². The largest absolute Gasteiger partial charge is 0.493 e. The number of ether oxygens (including phenoxy) is 3. The smallest absolute Gasteiger partial charge is 0.303 e. The molecule has 12 heteroatoms. The van der Waals surface area contributed by atoms with Crippen LogP contribution in [-0.2, 0) is 21.5 Å². The first kappa shape index (κ1) is 31.6. The van der Waals surface area contributed by atoms with Crippen molar-refractivity contribution >= 4 is 29.2 Å². The number of ketones is 1. The highest BCUT2D eigenvalue weighted by atomic mass is 19.1. The highest BCUT2D eigenvalue weighted by Gasteiger charge is 2.35. The first-order valence-corrected chi connectivity index (χ1v) is 14.1. The minimum Gasteiger partial charge on any atom is -0.493 e. The van der Waals surface area contributed by atoms with Crippen LogP contribution in [-0.4, -0.2) is 74.0 Å². The fourth-order valence-electron chi connectivity index (χ4n) is 5.55. The molecular formula is C31H39FN4O7. The molecule has 2 heterocycles. The summed E-state index contributed by atoms with van der Waals surface area (Å²) < 4.78 is 31.9. The van der Waals surface area contributed by atoms with Crippen molar-refractivity contribution in [2.75, 3.05) is 45.4 Å². The first-order chi connectivity index (χ1) is 20.3. The number of methoxy groups -OCH3 is 2. The van der Waals surface area contributed by atoms with Gasteiger partial charge in [-0.05, 0) is 42.0 Å². The normalized spacial score (nSPS) is 16.3. The second kappa shape index (κ2) is 12.5. The van der Waals surface area contributed by atoms with E-state index in [2.05, 4.69) is 0 Å². The molecule has 11 nitrogen and oxygen atoms in total. The van der Waals surface area contributed by atoms with E-state index in [1.54, 1.807) is 18.2 Å². The lowest BCUT2D eigenvalue weighted by molar-refractivity contribution is -0.137. The van der Waals surface area contributed by atoms with Crippen LogP contribution in [0.25, 0.3) is 0 Å². The predicted molar refractivity (Wildman–Crippen MR) is 158 cm³/mol. The maximum Gasteiger partial charge on any atom is 0.303 e. The van der Waals surface area contributed by atoms with Crippen LogP contribution in [0, 0.1) is 17.1 Å². The maximum absolute atomic E-state index is 15.3. The minimum absolute atomic E-state index is 0.0489. The second-order valence-electron chi connectivity index (χ2n) is 11.9. The van der Waals surface area contributed by atoms with Crippen molar-refractivity contribution in [1.29, 1.82) is 5.41 Å². The van der Waals surface area contributed by atoms with E-state index in [0.717, 1.165) is 5.56 Å². The Kier molecular flexibility index (Phi) is 9.17. The molecule has 2 aromatic carbocycles. The number of halogens is 1. The monoisotopic (exact) mass is 598 g/mol. The number of nitrogens with one attached hydrogen (secondary N) is 1. The highest BCUT2D eigenvalue weighted by molar-refractivity contribution is 6.06. The number of carbonyl (C=O) groups is 3. The number of benzene rings is 2. The van der Waals surface area contributed by atoms with Crippen molar-refractivity contribution in [3.8, 4) is 17.2 Å². The number of carboxylic acids is 1. The Morgan fingerprint density at radius 3 is 2.44 bits per heavy atom. The lowest BCUT2D eigenvalue weighted by Gasteiger charge is -2.30. The summed E-state index contributed by atoms with van der Waals surface area (Å²) in [6.45, 7) is 6.96. The minimum atomic E-state index is -0.920. The van der Waals surface area contributed by atoms with Gasteiger partial charge in [-0.1, -0.05) is 20.8 Å². The van der Waals surface area contributed by atoms with Crippen LogP contribution in [0.4, 0.5) is 10.1 Å². The summed E-state index contributed by atoms with van der Waals surface area (Å²) in [5, 5.41) is 17.7. The number of amidine groups is 1. The molecule has 4 N–H and O–H groups in total. The zero-order chi connectivity index (χ0) is 31.6. The SMILES string of the molecule is COc1cc2c(c(F)c1OC)C(=N)N(CC(=O)c1cc(N3CCC(C(N)=O)C3)c(OCCCC(=O)O)c(C(C)(C)C)c1)C2. The van der Waals surface area contributed by atoms with Gasteiger partial charge in [0.15, 0.2) is 23.1 Å². The van der Waals surface area contributed by atoms with E-state index in [1.807, 2.05) is 25.7 Å². The molecule has 0 aliphatic carbocycles. The Morgan fingerprint density at radius 1 is 1.14 bits per heavy atom. The van der Waals surface area contributed by atoms with Gasteiger partial charge in [0.1, 0.15) is 11.6 Å². The summed E-state index contributed by atoms with van der Waals surface area (Å²) >= 11 is 0.